The van der Waals surface area contributed by atoms with Gasteiger partial charge in [-0.1, -0.05) is 36.4 Å². The molecule has 2 aliphatic rings. The molecule has 2 aromatic rings. The maximum atomic E-state index is 11.4. The number of allylic oxidation sites excluding steroid dienone is 1. The lowest BCUT2D eigenvalue weighted by molar-refractivity contribution is 0.0706. The molecule has 1 amide bonds. The Morgan fingerprint density at radius 1 is 1.11 bits per heavy atom. The van der Waals surface area contributed by atoms with E-state index in [1.807, 2.05) is 12.1 Å². The highest BCUT2D eigenvalue weighted by Crippen LogP contribution is 2.41. The lowest BCUT2D eigenvalue weighted by Crippen LogP contribution is -2.38. The van der Waals surface area contributed by atoms with E-state index in [1.165, 1.54) is 43.5 Å². The summed E-state index contributed by atoms with van der Waals surface area (Å²) < 4.78 is 0. The highest BCUT2D eigenvalue weighted by atomic mass is 16.5. The average molecular weight is 490 g/mol. The summed E-state index contributed by atoms with van der Waals surface area (Å²) in [6, 6.07) is 16.8. The number of carbonyl (C=O) groups excluding carboxylic acids is 1. The molecular weight excluding hydrogens is 450 g/mol. The molecule has 0 bridgehead atoms. The molecule has 4 rings (SSSR count). The van der Waals surface area contributed by atoms with E-state index in [4.69, 9.17) is 10.9 Å². The third-order valence-corrected chi connectivity index (χ3v) is 7.54. The Kier molecular flexibility index (Phi) is 9.28. The molecule has 1 saturated heterocycles. The summed E-state index contributed by atoms with van der Waals surface area (Å²) in [6.07, 6.45) is 9.26. The molecule has 0 aromatic heterocycles. The van der Waals surface area contributed by atoms with Gasteiger partial charge in [0.1, 0.15) is 0 Å². The van der Waals surface area contributed by atoms with Crippen LogP contribution in [0.1, 0.15) is 58.6 Å². The van der Waals surface area contributed by atoms with Crippen molar-refractivity contribution < 1.29 is 10.0 Å². The Balaban J connectivity index is 1.11. The van der Waals surface area contributed by atoms with Crippen LogP contribution >= 0.6 is 0 Å². The summed E-state index contributed by atoms with van der Waals surface area (Å²) in [4.78, 5) is 18.1. The molecule has 2 aromatic carbocycles. The highest BCUT2D eigenvalue weighted by molar-refractivity contribution is 6.09. The highest BCUT2D eigenvalue weighted by Gasteiger charge is 2.38. The van der Waals surface area contributed by atoms with Crippen LogP contribution in [0.15, 0.2) is 59.7 Å². The van der Waals surface area contributed by atoms with Crippen molar-refractivity contribution in [3.63, 3.8) is 0 Å². The molecule has 7 heteroatoms. The van der Waals surface area contributed by atoms with Crippen LogP contribution in [0.2, 0.25) is 0 Å². The summed E-state index contributed by atoms with van der Waals surface area (Å²) in [5.41, 5.74) is 12.6. The van der Waals surface area contributed by atoms with Crippen LogP contribution in [0.4, 0.5) is 0 Å². The number of nitrogens with one attached hydrogen (secondary N) is 2. The van der Waals surface area contributed by atoms with Gasteiger partial charge >= 0.3 is 0 Å². The van der Waals surface area contributed by atoms with Crippen molar-refractivity contribution in [3.8, 4) is 0 Å². The second kappa shape index (κ2) is 12.8. The van der Waals surface area contributed by atoms with Gasteiger partial charge in [-0.2, -0.15) is 0 Å². The number of benzene rings is 2. The Hall–Kier alpha value is -3.00. The van der Waals surface area contributed by atoms with Gasteiger partial charge in [-0.05, 0) is 93.0 Å². The lowest BCUT2D eigenvalue weighted by Gasteiger charge is -2.32. The van der Waals surface area contributed by atoms with E-state index in [-0.39, 0.29) is 0 Å². The van der Waals surface area contributed by atoms with Crippen LogP contribution in [0.25, 0.3) is 5.57 Å². The van der Waals surface area contributed by atoms with Gasteiger partial charge in [-0.15, -0.1) is 0 Å². The zero-order chi connectivity index (χ0) is 25.3. The van der Waals surface area contributed by atoms with Crippen molar-refractivity contribution in [2.75, 3.05) is 33.2 Å². The number of hydroxylamine groups is 1. The fourth-order valence-electron chi connectivity index (χ4n) is 5.19. The smallest absolute Gasteiger partial charge is 0.274 e. The number of aliphatic imine (C=N–C) groups is 1. The fourth-order valence-corrected chi connectivity index (χ4v) is 5.19. The van der Waals surface area contributed by atoms with Crippen molar-refractivity contribution in [2.24, 2.45) is 16.6 Å². The molecule has 2 atom stereocenters. The summed E-state index contributed by atoms with van der Waals surface area (Å²) in [7, 11) is 1.76. The molecule has 2 unspecified atom stereocenters. The molecule has 1 aliphatic carbocycles. The normalized spacial score (nSPS) is 21.1. The van der Waals surface area contributed by atoms with Gasteiger partial charge in [0.2, 0.25) is 0 Å². The second-order valence-corrected chi connectivity index (χ2v) is 10.0. The Morgan fingerprint density at radius 3 is 2.44 bits per heavy atom. The molecule has 1 saturated carbocycles. The molecule has 0 spiro atoms. The third-order valence-electron chi connectivity index (χ3n) is 7.54. The van der Waals surface area contributed by atoms with Crippen LogP contribution < -0.4 is 16.5 Å². The number of hydrogen-bond acceptors (Lipinski definition) is 6. The molecule has 192 valence electrons. The molecule has 36 heavy (non-hydrogen) atoms. The van der Waals surface area contributed by atoms with Gasteiger partial charge in [-0.3, -0.25) is 15.0 Å². The summed E-state index contributed by atoms with van der Waals surface area (Å²) >= 11 is 0. The number of likely N-dealkylation sites (tertiary alicyclic amines) is 1. The Bertz CT molecular complexity index is 1040. The van der Waals surface area contributed by atoms with Crippen molar-refractivity contribution in [3.05, 3.63) is 77.0 Å². The van der Waals surface area contributed by atoms with Crippen molar-refractivity contribution >= 4 is 17.7 Å². The van der Waals surface area contributed by atoms with E-state index >= 15 is 0 Å². The molecule has 7 nitrogen and oxygen atoms in total. The van der Waals surface area contributed by atoms with Crippen molar-refractivity contribution in [1.82, 2.24) is 15.7 Å². The van der Waals surface area contributed by atoms with Crippen LogP contribution in [0.3, 0.4) is 0 Å². The minimum absolute atomic E-state index is 0.470. The monoisotopic (exact) mass is 489 g/mol. The standard InChI is InChI=1S/C29H39N5O2/c1-31-20-26(18-30)23-8-10-24(11-9-23)27-17-28(27)32-19-22-12-15-34(16-13-22)14-2-3-21-4-6-25(7-5-21)29(35)33-36/h4-11,18,20,22,27-28,32,36H,2-3,12-17,19,30H2,1H3,(H,33,35). The van der Waals surface area contributed by atoms with Crippen molar-refractivity contribution in [1.29, 1.82) is 0 Å². The van der Waals surface area contributed by atoms with E-state index in [9.17, 15) is 4.79 Å². The second-order valence-electron chi connectivity index (χ2n) is 10.0. The van der Waals surface area contributed by atoms with Gasteiger partial charge < -0.3 is 16.0 Å². The minimum atomic E-state index is -0.470. The van der Waals surface area contributed by atoms with Crippen LogP contribution in [-0.4, -0.2) is 61.5 Å². The van der Waals surface area contributed by atoms with Gasteiger partial charge in [0.15, 0.2) is 0 Å². The van der Waals surface area contributed by atoms with E-state index in [0.717, 1.165) is 43.0 Å². The SMILES string of the molecule is CN=CC(=CN)c1ccc(C2CC2NCC2CCN(CCCc3ccc(C(=O)NO)cc3)CC2)cc1. The van der Waals surface area contributed by atoms with Crippen molar-refractivity contribution in [2.45, 2.75) is 44.1 Å². The molecular formula is C29H39N5O2. The molecule has 2 fully saturated rings. The predicted octanol–water partition coefficient (Wildman–Crippen LogP) is 3.60. The minimum Gasteiger partial charge on any atom is -0.404 e. The number of nitrogens with two attached hydrogens (primary N) is 1. The maximum absolute atomic E-state index is 11.4. The first-order valence-electron chi connectivity index (χ1n) is 13.0. The summed E-state index contributed by atoms with van der Waals surface area (Å²) in [5, 5.41) is 12.5. The van der Waals surface area contributed by atoms with E-state index in [1.54, 1.807) is 37.1 Å². The fraction of sp³-hybridized carbons (Fsp3) is 0.448. The average Bonchev–Trinajstić information content (AvgIpc) is 3.71. The molecule has 5 N–H and O–H groups in total. The van der Waals surface area contributed by atoms with E-state index in [2.05, 4.69) is 39.5 Å². The van der Waals surface area contributed by atoms with Gasteiger partial charge in [0.05, 0.1) is 0 Å². The third kappa shape index (κ3) is 7.03. The Morgan fingerprint density at radius 2 is 1.81 bits per heavy atom. The topological polar surface area (TPSA) is 103 Å². The number of rotatable bonds is 11. The maximum Gasteiger partial charge on any atom is 0.274 e. The molecule has 0 radical (unpaired) electrons. The first-order chi connectivity index (χ1) is 17.6. The number of hydrogen-bond donors (Lipinski definition) is 4. The van der Waals surface area contributed by atoms with Crippen LogP contribution in [0, 0.1) is 5.92 Å². The van der Waals surface area contributed by atoms with Gasteiger partial charge in [-0.25, -0.2) is 5.48 Å². The van der Waals surface area contributed by atoms with Crippen LogP contribution in [0.5, 0.6) is 0 Å². The number of carbonyl (C=O) groups is 1. The number of amides is 1. The zero-order valence-corrected chi connectivity index (χ0v) is 21.2. The zero-order valence-electron chi connectivity index (χ0n) is 21.2. The predicted molar refractivity (Wildman–Crippen MR) is 145 cm³/mol. The first kappa shape index (κ1) is 26.1. The molecule has 1 heterocycles. The quantitative estimate of drug-likeness (QED) is 0.219. The molecule has 1 aliphatic heterocycles. The first-order valence-corrected chi connectivity index (χ1v) is 13.0. The number of aryl methyl sites for hydroxylation is 1. The van der Waals surface area contributed by atoms with Gasteiger partial charge in [0, 0.05) is 42.6 Å². The summed E-state index contributed by atoms with van der Waals surface area (Å²) in [6.45, 7) is 4.59. The largest absolute Gasteiger partial charge is 0.404 e. The van der Waals surface area contributed by atoms with E-state index in [0.29, 0.717) is 17.5 Å². The number of nitrogens with zero attached hydrogens (tertiary/aromatic N) is 2. The summed E-state index contributed by atoms with van der Waals surface area (Å²) in [5.74, 6) is 0.916. The number of piperidine rings is 1. The van der Waals surface area contributed by atoms with E-state index < -0.39 is 5.91 Å². The lowest BCUT2D eigenvalue weighted by atomic mass is 9.96. The van der Waals surface area contributed by atoms with Crippen LogP contribution in [-0.2, 0) is 6.42 Å². The van der Waals surface area contributed by atoms with Gasteiger partial charge in [0.25, 0.3) is 5.91 Å². The Labute approximate surface area is 214 Å².